The van der Waals surface area contributed by atoms with E-state index >= 15 is 0 Å². The molecule has 114 valence electrons. The van der Waals surface area contributed by atoms with E-state index in [2.05, 4.69) is 6.07 Å². The Morgan fingerprint density at radius 3 is 2.55 bits per heavy atom. The minimum absolute atomic E-state index is 0.339. The van der Waals surface area contributed by atoms with Crippen LogP contribution >= 0.6 is 18.7 Å². The minimum atomic E-state index is -3.02. The largest absolute Gasteiger partial charge is 0.325 e. The summed E-state index contributed by atoms with van der Waals surface area (Å²) in [6.45, 7) is 2.18. The SMILES string of the molecule is CCOP(=O)(Cc1cc2ccccc2s1)c1ccc(F)cc1. The van der Waals surface area contributed by atoms with Crippen LogP contribution in [0.1, 0.15) is 11.8 Å². The summed E-state index contributed by atoms with van der Waals surface area (Å²) in [5, 5.41) is 1.71. The molecular weight excluding hydrogens is 318 g/mol. The smallest absolute Gasteiger partial charge is 0.237 e. The second-order valence-corrected chi connectivity index (χ2v) is 8.58. The Balaban J connectivity index is 1.96. The number of thiophene rings is 1. The maximum atomic E-state index is 13.2. The highest BCUT2D eigenvalue weighted by Gasteiger charge is 2.27. The molecule has 0 bridgehead atoms. The average Bonchev–Trinajstić information content (AvgIpc) is 2.89. The highest BCUT2D eigenvalue weighted by atomic mass is 32.1. The van der Waals surface area contributed by atoms with Crippen molar-refractivity contribution in [2.75, 3.05) is 6.61 Å². The van der Waals surface area contributed by atoms with Gasteiger partial charge < -0.3 is 4.52 Å². The van der Waals surface area contributed by atoms with Crippen molar-refractivity contribution in [2.24, 2.45) is 0 Å². The molecule has 0 spiro atoms. The highest BCUT2D eigenvalue weighted by molar-refractivity contribution is 7.66. The molecule has 0 saturated heterocycles. The van der Waals surface area contributed by atoms with E-state index in [0.29, 0.717) is 18.1 Å². The van der Waals surface area contributed by atoms with Gasteiger partial charge in [0.05, 0.1) is 12.8 Å². The molecule has 0 N–H and O–H groups in total. The summed E-state index contributed by atoms with van der Waals surface area (Å²) in [7, 11) is -3.02. The first-order valence-corrected chi connectivity index (χ1v) is 9.70. The van der Waals surface area contributed by atoms with Gasteiger partial charge in [0.25, 0.3) is 0 Å². The van der Waals surface area contributed by atoms with Crippen molar-refractivity contribution in [2.45, 2.75) is 13.1 Å². The number of hydrogen-bond acceptors (Lipinski definition) is 3. The summed E-state index contributed by atoms with van der Waals surface area (Å²) in [5.74, 6) is -0.339. The van der Waals surface area contributed by atoms with Crippen molar-refractivity contribution >= 4 is 34.1 Å². The van der Waals surface area contributed by atoms with Crippen molar-refractivity contribution in [3.8, 4) is 0 Å². The van der Waals surface area contributed by atoms with Gasteiger partial charge in [-0.25, -0.2) is 4.39 Å². The molecule has 0 amide bonds. The molecule has 0 radical (unpaired) electrons. The first kappa shape index (κ1) is 15.4. The van der Waals surface area contributed by atoms with E-state index in [9.17, 15) is 8.96 Å². The van der Waals surface area contributed by atoms with Gasteiger partial charge in [0.1, 0.15) is 5.82 Å². The fourth-order valence-corrected chi connectivity index (χ4v) is 5.98. The topological polar surface area (TPSA) is 26.3 Å². The molecule has 5 heteroatoms. The maximum Gasteiger partial charge on any atom is 0.237 e. The van der Waals surface area contributed by atoms with E-state index < -0.39 is 7.37 Å². The first-order valence-electron chi connectivity index (χ1n) is 7.08. The number of rotatable bonds is 5. The molecule has 2 aromatic carbocycles. The fraction of sp³-hybridized carbons (Fsp3) is 0.176. The second-order valence-electron chi connectivity index (χ2n) is 4.98. The highest BCUT2D eigenvalue weighted by Crippen LogP contribution is 2.50. The molecule has 22 heavy (non-hydrogen) atoms. The molecule has 1 atom stereocenters. The third-order valence-corrected chi connectivity index (χ3v) is 7.25. The van der Waals surface area contributed by atoms with Crippen molar-refractivity contribution in [3.05, 3.63) is 65.3 Å². The van der Waals surface area contributed by atoms with Crippen LogP contribution in [0.5, 0.6) is 0 Å². The van der Waals surface area contributed by atoms with E-state index in [1.165, 1.54) is 16.8 Å². The summed E-state index contributed by atoms with van der Waals surface area (Å²) in [6.07, 6.45) is 0.339. The molecule has 0 saturated carbocycles. The standard InChI is InChI=1S/C17H16FO2PS/c1-2-20-21(19,15-9-7-14(18)8-10-15)12-16-11-13-5-3-4-6-17(13)22-16/h3-11H,2,12H2,1H3. The molecule has 1 heterocycles. The van der Waals surface area contributed by atoms with Gasteiger partial charge in [-0.3, -0.25) is 4.57 Å². The Morgan fingerprint density at radius 1 is 1.14 bits per heavy atom. The lowest BCUT2D eigenvalue weighted by Gasteiger charge is -2.17. The first-order chi connectivity index (χ1) is 10.6. The minimum Gasteiger partial charge on any atom is -0.325 e. The van der Waals surface area contributed by atoms with E-state index in [4.69, 9.17) is 4.52 Å². The van der Waals surface area contributed by atoms with Crippen LogP contribution in [0.15, 0.2) is 54.6 Å². The van der Waals surface area contributed by atoms with Gasteiger partial charge in [0, 0.05) is 14.9 Å². The van der Waals surface area contributed by atoms with Crippen LogP contribution in [0.3, 0.4) is 0 Å². The van der Waals surface area contributed by atoms with E-state index in [0.717, 1.165) is 10.3 Å². The van der Waals surface area contributed by atoms with Crippen molar-refractivity contribution < 1.29 is 13.5 Å². The zero-order valence-corrected chi connectivity index (χ0v) is 13.9. The number of fused-ring (bicyclic) bond motifs is 1. The molecule has 0 aliphatic rings. The molecule has 0 aliphatic carbocycles. The monoisotopic (exact) mass is 334 g/mol. The Bertz CT molecular complexity index is 793. The zero-order valence-electron chi connectivity index (χ0n) is 12.2. The lowest BCUT2D eigenvalue weighted by atomic mass is 10.2. The molecule has 1 aromatic heterocycles. The molecule has 0 fully saturated rings. The van der Waals surface area contributed by atoms with Crippen LogP contribution in [-0.4, -0.2) is 6.61 Å². The molecule has 2 nitrogen and oxygen atoms in total. The van der Waals surface area contributed by atoms with Gasteiger partial charge in [-0.15, -0.1) is 11.3 Å². The number of benzene rings is 2. The zero-order chi connectivity index (χ0) is 15.6. The number of halogens is 1. The second kappa shape index (κ2) is 6.33. The van der Waals surface area contributed by atoms with E-state index in [-0.39, 0.29) is 5.82 Å². The Hall–Kier alpha value is -1.48. The van der Waals surface area contributed by atoms with Crippen LogP contribution < -0.4 is 5.30 Å². The summed E-state index contributed by atoms with van der Waals surface area (Å²) in [4.78, 5) is 1.02. The molecule has 3 rings (SSSR count). The summed E-state index contributed by atoms with van der Waals surface area (Å²) in [5.41, 5.74) is 0. The number of hydrogen-bond donors (Lipinski definition) is 0. The molecule has 0 aliphatic heterocycles. The van der Waals surface area contributed by atoms with Gasteiger partial charge in [-0.05, 0) is 48.7 Å². The van der Waals surface area contributed by atoms with Crippen LogP contribution in [-0.2, 0) is 15.3 Å². The summed E-state index contributed by atoms with van der Waals surface area (Å²) >= 11 is 1.62. The third kappa shape index (κ3) is 3.14. The van der Waals surface area contributed by atoms with Crippen LogP contribution in [0, 0.1) is 5.82 Å². The van der Waals surface area contributed by atoms with Gasteiger partial charge in [-0.1, -0.05) is 18.2 Å². The van der Waals surface area contributed by atoms with Gasteiger partial charge >= 0.3 is 0 Å². The molecule has 3 aromatic rings. The average molecular weight is 334 g/mol. The van der Waals surface area contributed by atoms with Crippen molar-refractivity contribution in [1.82, 2.24) is 0 Å². The van der Waals surface area contributed by atoms with Crippen molar-refractivity contribution in [3.63, 3.8) is 0 Å². The summed E-state index contributed by atoms with van der Waals surface area (Å²) < 4.78 is 33.1. The van der Waals surface area contributed by atoms with Crippen molar-refractivity contribution in [1.29, 1.82) is 0 Å². The normalized spacial score (nSPS) is 14.1. The van der Waals surface area contributed by atoms with Crippen LogP contribution in [0.4, 0.5) is 4.39 Å². The fourth-order valence-electron chi connectivity index (χ4n) is 2.41. The van der Waals surface area contributed by atoms with Crippen LogP contribution in [0.2, 0.25) is 0 Å². The summed E-state index contributed by atoms with van der Waals surface area (Å²) in [6, 6.07) is 15.9. The lowest BCUT2D eigenvalue weighted by molar-refractivity contribution is 0.340. The van der Waals surface area contributed by atoms with Gasteiger partial charge in [0.15, 0.2) is 0 Å². The Morgan fingerprint density at radius 2 is 1.86 bits per heavy atom. The lowest BCUT2D eigenvalue weighted by Crippen LogP contribution is -2.09. The third-order valence-electron chi connectivity index (χ3n) is 3.40. The molecule has 1 unspecified atom stereocenters. The predicted molar refractivity (Wildman–Crippen MR) is 90.8 cm³/mol. The predicted octanol–water partition coefficient (Wildman–Crippen LogP) is 5.18. The van der Waals surface area contributed by atoms with Gasteiger partial charge in [0.2, 0.25) is 7.37 Å². The Labute approximate surface area is 133 Å². The van der Waals surface area contributed by atoms with E-state index in [1.807, 2.05) is 31.2 Å². The van der Waals surface area contributed by atoms with Crippen LogP contribution in [0.25, 0.3) is 10.1 Å². The van der Waals surface area contributed by atoms with Gasteiger partial charge in [-0.2, -0.15) is 0 Å². The molecular formula is C17H16FO2PS. The maximum absolute atomic E-state index is 13.2. The van der Waals surface area contributed by atoms with E-state index in [1.54, 1.807) is 23.5 Å². The Kier molecular flexibility index (Phi) is 4.44. The quantitative estimate of drug-likeness (QED) is 0.601.